The lowest BCUT2D eigenvalue weighted by atomic mass is 10.1. The normalized spacial score (nSPS) is 10.8. The Bertz CT molecular complexity index is 557. The minimum Gasteiger partial charge on any atom is -0.325 e. The molecule has 0 spiro atoms. The van der Waals surface area contributed by atoms with E-state index in [1.165, 1.54) is 0 Å². The summed E-state index contributed by atoms with van der Waals surface area (Å²) in [7, 11) is 0. The smallest absolute Gasteiger partial charge is 0.256 e. The predicted molar refractivity (Wildman–Crippen MR) is 61.7 cm³/mol. The summed E-state index contributed by atoms with van der Waals surface area (Å²) in [5, 5.41) is 1.71. The van der Waals surface area contributed by atoms with Crippen LogP contribution in [0, 0.1) is 13.8 Å². The first kappa shape index (κ1) is 9.46. The second-order valence-electron chi connectivity index (χ2n) is 3.44. The van der Waals surface area contributed by atoms with Gasteiger partial charge in [-0.1, -0.05) is 17.7 Å². The topological polar surface area (TPSA) is 32.9 Å². The van der Waals surface area contributed by atoms with E-state index in [0.29, 0.717) is 0 Å². The fourth-order valence-corrected chi connectivity index (χ4v) is 1.96. The van der Waals surface area contributed by atoms with Crippen molar-refractivity contribution in [2.45, 2.75) is 13.8 Å². The number of hydrogen-bond donors (Lipinski definition) is 1. The van der Waals surface area contributed by atoms with Crippen molar-refractivity contribution < 1.29 is 0 Å². The molecule has 3 heteroatoms. The van der Waals surface area contributed by atoms with Crippen LogP contribution in [0.25, 0.3) is 10.8 Å². The zero-order chi connectivity index (χ0) is 10.3. The van der Waals surface area contributed by atoms with Gasteiger partial charge in [0.2, 0.25) is 0 Å². The van der Waals surface area contributed by atoms with Crippen LogP contribution in [0.2, 0.25) is 0 Å². The molecule has 0 bridgehead atoms. The van der Waals surface area contributed by atoms with Crippen LogP contribution < -0.4 is 5.56 Å². The highest BCUT2D eigenvalue weighted by Gasteiger charge is 2.05. The Morgan fingerprint density at radius 3 is 2.64 bits per heavy atom. The number of hydrogen-bond acceptors (Lipinski definition) is 1. The lowest BCUT2D eigenvalue weighted by Gasteiger charge is -2.04. The molecule has 1 heterocycles. The van der Waals surface area contributed by atoms with Gasteiger partial charge in [-0.15, -0.1) is 0 Å². The molecular formula is C11H10BrNO. The third kappa shape index (κ3) is 1.38. The summed E-state index contributed by atoms with van der Waals surface area (Å²) in [4.78, 5) is 14.4. The second kappa shape index (κ2) is 3.24. The van der Waals surface area contributed by atoms with Crippen molar-refractivity contribution in [1.82, 2.24) is 4.98 Å². The fourth-order valence-electron chi connectivity index (χ4n) is 1.53. The van der Waals surface area contributed by atoms with Gasteiger partial charge in [-0.3, -0.25) is 4.79 Å². The molecule has 1 aromatic heterocycles. The van der Waals surface area contributed by atoms with Gasteiger partial charge in [0.15, 0.2) is 0 Å². The van der Waals surface area contributed by atoms with E-state index in [-0.39, 0.29) is 5.56 Å². The molecule has 0 aliphatic rings. The maximum atomic E-state index is 11.6. The number of pyridine rings is 1. The zero-order valence-electron chi connectivity index (χ0n) is 8.02. The molecule has 2 rings (SSSR count). The standard InChI is InChI=1S/C11H10BrNO/c1-6-3-4-8-9(5-6)10(12)7(2)13-11(8)14/h3-5H,1-2H3,(H,13,14). The number of aryl methyl sites for hydroxylation is 2. The van der Waals surface area contributed by atoms with Crippen molar-refractivity contribution in [2.75, 3.05) is 0 Å². The van der Waals surface area contributed by atoms with Crippen LogP contribution in [0.3, 0.4) is 0 Å². The van der Waals surface area contributed by atoms with E-state index in [1.807, 2.05) is 32.0 Å². The molecule has 0 atom stereocenters. The lowest BCUT2D eigenvalue weighted by molar-refractivity contribution is 1.15. The van der Waals surface area contributed by atoms with Crippen molar-refractivity contribution >= 4 is 26.7 Å². The average Bonchev–Trinajstić information content (AvgIpc) is 2.14. The largest absolute Gasteiger partial charge is 0.325 e. The van der Waals surface area contributed by atoms with E-state index >= 15 is 0 Å². The van der Waals surface area contributed by atoms with Crippen LogP contribution in [-0.2, 0) is 0 Å². The molecule has 2 nitrogen and oxygen atoms in total. The quantitative estimate of drug-likeness (QED) is 0.768. The summed E-state index contributed by atoms with van der Waals surface area (Å²) in [6.07, 6.45) is 0. The number of nitrogens with one attached hydrogen (secondary N) is 1. The van der Waals surface area contributed by atoms with Gasteiger partial charge in [0.1, 0.15) is 0 Å². The van der Waals surface area contributed by atoms with Gasteiger partial charge in [0, 0.05) is 20.9 Å². The molecule has 1 aromatic carbocycles. The summed E-state index contributed by atoms with van der Waals surface area (Å²) in [6, 6.07) is 5.81. The maximum absolute atomic E-state index is 11.6. The van der Waals surface area contributed by atoms with Gasteiger partial charge in [0.05, 0.1) is 0 Å². The molecule has 0 unspecified atom stereocenters. The number of fused-ring (bicyclic) bond motifs is 1. The Morgan fingerprint density at radius 1 is 1.21 bits per heavy atom. The van der Waals surface area contributed by atoms with E-state index in [1.54, 1.807) is 0 Å². The molecule has 1 N–H and O–H groups in total. The summed E-state index contributed by atoms with van der Waals surface area (Å²) in [5.41, 5.74) is 2.00. The Hall–Kier alpha value is -1.09. The number of aromatic nitrogens is 1. The van der Waals surface area contributed by atoms with Crippen molar-refractivity contribution in [3.63, 3.8) is 0 Å². The van der Waals surface area contributed by atoms with Crippen LogP contribution in [0.15, 0.2) is 27.5 Å². The number of H-pyrrole nitrogens is 1. The third-order valence-electron chi connectivity index (χ3n) is 2.29. The molecule has 2 aromatic rings. The van der Waals surface area contributed by atoms with Crippen molar-refractivity contribution in [2.24, 2.45) is 0 Å². The highest BCUT2D eigenvalue weighted by Crippen LogP contribution is 2.24. The maximum Gasteiger partial charge on any atom is 0.256 e. The van der Waals surface area contributed by atoms with Gasteiger partial charge in [-0.05, 0) is 35.8 Å². The monoisotopic (exact) mass is 251 g/mol. The molecule has 0 radical (unpaired) electrons. The SMILES string of the molecule is Cc1ccc2c(=O)[nH]c(C)c(Br)c2c1. The highest BCUT2D eigenvalue weighted by atomic mass is 79.9. The van der Waals surface area contributed by atoms with Crippen LogP contribution in [0.1, 0.15) is 11.3 Å². The van der Waals surface area contributed by atoms with Gasteiger partial charge in [0.25, 0.3) is 5.56 Å². The molecule has 14 heavy (non-hydrogen) atoms. The van der Waals surface area contributed by atoms with E-state index in [0.717, 1.165) is 26.5 Å². The third-order valence-corrected chi connectivity index (χ3v) is 3.31. The van der Waals surface area contributed by atoms with E-state index in [2.05, 4.69) is 20.9 Å². The summed E-state index contributed by atoms with van der Waals surface area (Å²) >= 11 is 3.48. The van der Waals surface area contributed by atoms with Crippen LogP contribution >= 0.6 is 15.9 Å². The number of rotatable bonds is 0. The highest BCUT2D eigenvalue weighted by molar-refractivity contribution is 9.10. The predicted octanol–water partition coefficient (Wildman–Crippen LogP) is 2.91. The minimum atomic E-state index is -0.0271. The number of benzene rings is 1. The molecule has 0 aliphatic heterocycles. The van der Waals surface area contributed by atoms with Gasteiger partial charge >= 0.3 is 0 Å². The number of aromatic amines is 1. The van der Waals surface area contributed by atoms with Crippen LogP contribution in [0.5, 0.6) is 0 Å². The van der Waals surface area contributed by atoms with Crippen molar-refractivity contribution in [1.29, 1.82) is 0 Å². The molecular weight excluding hydrogens is 242 g/mol. The molecule has 0 saturated heterocycles. The van der Waals surface area contributed by atoms with Crippen LogP contribution in [-0.4, -0.2) is 4.98 Å². The molecule has 0 saturated carbocycles. The first-order valence-electron chi connectivity index (χ1n) is 4.38. The van der Waals surface area contributed by atoms with E-state index < -0.39 is 0 Å². The number of halogens is 1. The Morgan fingerprint density at radius 2 is 1.93 bits per heavy atom. The average molecular weight is 252 g/mol. The molecule has 0 fully saturated rings. The minimum absolute atomic E-state index is 0.0271. The Balaban J connectivity index is 3.03. The van der Waals surface area contributed by atoms with E-state index in [9.17, 15) is 4.79 Å². The summed E-state index contributed by atoms with van der Waals surface area (Å²) in [5.74, 6) is 0. The van der Waals surface area contributed by atoms with Gasteiger partial charge < -0.3 is 4.98 Å². The van der Waals surface area contributed by atoms with E-state index in [4.69, 9.17) is 0 Å². The van der Waals surface area contributed by atoms with Gasteiger partial charge in [-0.2, -0.15) is 0 Å². The Labute approximate surface area is 90.1 Å². The van der Waals surface area contributed by atoms with Crippen molar-refractivity contribution in [3.05, 3.63) is 44.3 Å². The summed E-state index contributed by atoms with van der Waals surface area (Å²) in [6.45, 7) is 3.90. The second-order valence-corrected chi connectivity index (χ2v) is 4.24. The van der Waals surface area contributed by atoms with Gasteiger partial charge in [-0.25, -0.2) is 0 Å². The first-order valence-corrected chi connectivity index (χ1v) is 5.17. The first-order chi connectivity index (χ1) is 6.59. The van der Waals surface area contributed by atoms with Crippen molar-refractivity contribution in [3.8, 4) is 0 Å². The molecule has 0 aliphatic carbocycles. The zero-order valence-corrected chi connectivity index (χ0v) is 9.60. The molecule has 72 valence electrons. The Kier molecular flexibility index (Phi) is 2.19. The fraction of sp³-hybridized carbons (Fsp3) is 0.182. The summed E-state index contributed by atoms with van der Waals surface area (Å²) < 4.78 is 0.968. The lowest BCUT2D eigenvalue weighted by Crippen LogP contribution is -2.08. The van der Waals surface area contributed by atoms with Crippen LogP contribution in [0.4, 0.5) is 0 Å². The molecule has 0 amide bonds.